The van der Waals surface area contributed by atoms with E-state index in [1.807, 2.05) is 13.8 Å². The van der Waals surface area contributed by atoms with Gasteiger partial charge in [0, 0.05) is 6.61 Å². The maximum absolute atomic E-state index is 10.5. The van der Waals surface area contributed by atoms with Crippen molar-refractivity contribution >= 4 is 18.8 Å². The number of hydrogen-bond donors (Lipinski definition) is 2. The third-order valence-corrected chi connectivity index (χ3v) is 1.50. The van der Waals surface area contributed by atoms with Crippen molar-refractivity contribution in [2.45, 2.75) is 20.0 Å². The summed E-state index contributed by atoms with van der Waals surface area (Å²) in [4.78, 5) is 10.5. The van der Waals surface area contributed by atoms with E-state index in [0.29, 0.717) is 13.2 Å². The lowest BCUT2D eigenvalue weighted by molar-refractivity contribution is 0.0683. The normalized spacial score (nSPS) is 12.6. The Kier molecular flexibility index (Phi) is 5.06. The monoisotopic (exact) mass is 178 g/mol. The number of primary amides is 1. The summed E-state index contributed by atoms with van der Waals surface area (Å²) in [5, 5.41) is 0. The Balaban J connectivity index is 3.56. The zero-order valence-electron chi connectivity index (χ0n) is 6.78. The quantitative estimate of drug-likeness (QED) is 0.621. The van der Waals surface area contributed by atoms with Gasteiger partial charge in [0.2, 0.25) is 0 Å². The highest BCUT2D eigenvalue weighted by Gasteiger charge is 2.09. The van der Waals surface area contributed by atoms with E-state index in [-0.39, 0.29) is 6.10 Å². The predicted octanol–water partition coefficient (Wildman–Crippen LogP) is 0.637. The summed E-state index contributed by atoms with van der Waals surface area (Å²) < 4.78 is 6.29. The van der Waals surface area contributed by atoms with Crippen molar-refractivity contribution in [1.29, 1.82) is 0 Å². The van der Waals surface area contributed by atoms with Crippen LogP contribution in [-0.2, 0) is 4.74 Å². The minimum absolute atomic E-state index is 0.0231. The smallest absolute Gasteiger partial charge is 0.324 e. The Morgan fingerprint density at radius 2 is 2.36 bits per heavy atom. The van der Waals surface area contributed by atoms with Gasteiger partial charge in [-0.05, 0) is 13.8 Å². The summed E-state index contributed by atoms with van der Waals surface area (Å²) in [6.07, 6.45) is -0.0231. The molecule has 0 spiro atoms. The lowest BCUT2D eigenvalue weighted by Gasteiger charge is -2.17. The number of hydrogen-bond acceptors (Lipinski definition) is 3. The fourth-order valence-electron chi connectivity index (χ4n) is 0.671. The SMILES string of the molecule is CCOC(C)CN(S)C(N)=O. The Labute approximate surface area is 72.2 Å². The first-order valence-electron chi connectivity index (χ1n) is 3.45. The van der Waals surface area contributed by atoms with Crippen molar-refractivity contribution in [3.05, 3.63) is 0 Å². The highest BCUT2D eigenvalue weighted by molar-refractivity contribution is 7.78. The summed E-state index contributed by atoms with van der Waals surface area (Å²) in [6.45, 7) is 4.78. The minimum atomic E-state index is -0.556. The van der Waals surface area contributed by atoms with Crippen molar-refractivity contribution in [3.8, 4) is 0 Å². The van der Waals surface area contributed by atoms with E-state index in [1.54, 1.807) is 0 Å². The van der Waals surface area contributed by atoms with E-state index >= 15 is 0 Å². The average Bonchev–Trinajstić information content (AvgIpc) is 1.87. The summed E-state index contributed by atoms with van der Waals surface area (Å²) in [5.41, 5.74) is 4.94. The Bertz CT molecular complexity index is 132. The number of carbonyl (C=O) groups excluding carboxylic acids is 1. The molecule has 0 saturated carbocycles. The fraction of sp³-hybridized carbons (Fsp3) is 0.833. The molecular formula is C6H14N2O2S. The van der Waals surface area contributed by atoms with Crippen molar-refractivity contribution in [2.24, 2.45) is 5.73 Å². The number of thiol groups is 1. The Morgan fingerprint density at radius 3 is 2.73 bits per heavy atom. The molecule has 5 heteroatoms. The van der Waals surface area contributed by atoms with Gasteiger partial charge in [0.25, 0.3) is 0 Å². The minimum Gasteiger partial charge on any atom is -0.377 e. The first kappa shape index (κ1) is 10.6. The number of amides is 2. The van der Waals surface area contributed by atoms with Crippen molar-refractivity contribution in [1.82, 2.24) is 4.31 Å². The van der Waals surface area contributed by atoms with E-state index in [2.05, 4.69) is 12.8 Å². The van der Waals surface area contributed by atoms with Gasteiger partial charge in [0.1, 0.15) is 0 Å². The fourth-order valence-corrected chi connectivity index (χ4v) is 0.901. The Hall–Kier alpha value is -0.420. The number of nitrogens with zero attached hydrogens (tertiary/aromatic N) is 1. The molecule has 0 bridgehead atoms. The largest absolute Gasteiger partial charge is 0.377 e. The molecule has 0 aliphatic rings. The number of urea groups is 1. The molecule has 4 nitrogen and oxygen atoms in total. The van der Waals surface area contributed by atoms with Gasteiger partial charge in [-0.25, -0.2) is 4.79 Å². The molecule has 0 aromatic carbocycles. The molecule has 0 radical (unpaired) electrons. The van der Waals surface area contributed by atoms with Crippen molar-refractivity contribution in [2.75, 3.05) is 13.2 Å². The van der Waals surface area contributed by atoms with Crippen LogP contribution in [0, 0.1) is 0 Å². The van der Waals surface area contributed by atoms with Crippen LogP contribution >= 0.6 is 12.8 Å². The van der Waals surface area contributed by atoms with Crippen molar-refractivity contribution < 1.29 is 9.53 Å². The molecular weight excluding hydrogens is 164 g/mol. The van der Waals surface area contributed by atoms with Crippen LogP contribution in [0.1, 0.15) is 13.8 Å². The van der Waals surface area contributed by atoms with Gasteiger partial charge in [-0.2, -0.15) is 0 Å². The zero-order valence-corrected chi connectivity index (χ0v) is 7.67. The number of carbonyl (C=O) groups is 1. The molecule has 0 aliphatic heterocycles. The molecule has 0 aliphatic carbocycles. The average molecular weight is 178 g/mol. The number of rotatable bonds is 4. The molecule has 0 heterocycles. The summed E-state index contributed by atoms with van der Waals surface area (Å²) >= 11 is 3.84. The maximum atomic E-state index is 10.5. The lowest BCUT2D eigenvalue weighted by atomic mass is 10.4. The lowest BCUT2D eigenvalue weighted by Crippen LogP contribution is -2.34. The van der Waals surface area contributed by atoms with Crippen LogP contribution in [0.15, 0.2) is 0 Å². The highest BCUT2D eigenvalue weighted by atomic mass is 32.1. The predicted molar refractivity (Wildman–Crippen MR) is 46.4 cm³/mol. The van der Waals surface area contributed by atoms with Gasteiger partial charge in [-0.3, -0.25) is 4.31 Å². The van der Waals surface area contributed by atoms with Crippen LogP contribution in [-0.4, -0.2) is 29.6 Å². The molecule has 1 unspecified atom stereocenters. The molecule has 0 aromatic heterocycles. The molecule has 1 atom stereocenters. The van der Waals surface area contributed by atoms with Gasteiger partial charge in [-0.15, -0.1) is 0 Å². The molecule has 0 saturated heterocycles. The van der Waals surface area contributed by atoms with Crippen LogP contribution in [0.2, 0.25) is 0 Å². The number of nitrogens with two attached hydrogens (primary N) is 1. The van der Waals surface area contributed by atoms with E-state index < -0.39 is 6.03 Å². The standard InChI is InChI=1S/C6H14N2O2S/c1-3-10-5(2)4-8(11)6(7)9/h5,11H,3-4H2,1-2H3,(H2,7,9). The topological polar surface area (TPSA) is 55.6 Å². The molecule has 2 amide bonds. The second kappa shape index (κ2) is 5.26. The van der Waals surface area contributed by atoms with Gasteiger partial charge in [0.05, 0.1) is 12.6 Å². The summed E-state index contributed by atoms with van der Waals surface area (Å²) in [6, 6.07) is -0.556. The van der Waals surface area contributed by atoms with E-state index in [9.17, 15) is 4.79 Å². The van der Waals surface area contributed by atoms with Gasteiger partial charge in [-0.1, -0.05) is 12.8 Å². The third-order valence-electron chi connectivity index (χ3n) is 1.14. The van der Waals surface area contributed by atoms with Gasteiger partial charge < -0.3 is 10.5 Å². The van der Waals surface area contributed by atoms with Crippen LogP contribution in [0.25, 0.3) is 0 Å². The second-order valence-electron chi connectivity index (χ2n) is 2.19. The van der Waals surface area contributed by atoms with E-state index in [4.69, 9.17) is 10.5 Å². The Morgan fingerprint density at radius 1 is 1.82 bits per heavy atom. The molecule has 0 rings (SSSR count). The van der Waals surface area contributed by atoms with E-state index in [1.165, 1.54) is 0 Å². The summed E-state index contributed by atoms with van der Waals surface area (Å²) in [7, 11) is 0. The van der Waals surface area contributed by atoms with Crippen LogP contribution in [0.5, 0.6) is 0 Å². The zero-order chi connectivity index (χ0) is 8.85. The highest BCUT2D eigenvalue weighted by Crippen LogP contribution is 1.98. The molecule has 0 aromatic rings. The van der Waals surface area contributed by atoms with Crippen LogP contribution < -0.4 is 5.73 Å². The van der Waals surface area contributed by atoms with Gasteiger partial charge in [0.15, 0.2) is 0 Å². The molecule has 66 valence electrons. The van der Waals surface area contributed by atoms with Crippen molar-refractivity contribution in [3.63, 3.8) is 0 Å². The van der Waals surface area contributed by atoms with Gasteiger partial charge >= 0.3 is 6.03 Å². The molecule has 11 heavy (non-hydrogen) atoms. The second-order valence-corrected chi connectivity index (χ2v) is 2.67. The molecule has 2 N–H and O–H groups in total. The maximum Gasteiger partial charge on any atom is 0.324 e. The first-order valence-corrected chi connectivity index (χ1v) is 3.85. The first-order chi connectivity index (χ1) is 5.07. The van der Waals surface area contributed by atoms with E-state index in [0.717, 1.165) is 4.31 Å². The third kappa shape index (κ3) is 4.92. The van der Waals surface area contributed by atoms with Crippen LogP contribution in [0.4, 0.5) is 4.79 Å². The summed E-state index contributed by atoms with van der Waals surface area (Å²) in [5.74, 6) is 0. The van der Waals surface area contributed by atoms with Crippen LogP contribution in [0.3, 0.4) is 0 Å². The molecule has 0 fully saturated rings. The number of ether oxygens (including phenoxy) is 1.